The van der Waals surface area contributed by atoms with Gasteiger partial charge in [-0.05, 0) is 48.9 Å². The number of amidine groups is 1. The van der Waals surface area contributed by atoms with E-state index in [1.807, 2.05) is 13.8 Å². The molecule has 26 heavy (non-hydrogen) atoms. The number of aromatic carboxylic acids is 1. The molecule has 0 bridgehead atoms. The monoisotopic (exact) mass is 388 g/mol. The van der Waals surface area contributed by atoms with Crippen LogP contribution in [-0.2, 0) is 4.79 Å². The second kappa shape index (κ2) is 7.79. The number of nitrogens with zero attached hydrogens (tertiary/aromatic N) is 4. The Hall–Kier alpha value is -2.52. The topological polar surface area (TPSA) is 95.8 Å². The zero-order valence-electron chi connectivity index (χ0n) is 14.2. The van der Waals surface area contributed by atoms with Crippen LogP contribution in [0, 0.1) is 6.92 Å². The lowest BCUT2D eigenvalue weighted by Gasteiger charge is -2.13. The minimum atomic E-state index is -0.980. The fraction of sp³-hybridized carbons (Fsp3) is 0.235. The number of hydrogen-bond donors (Lipinski definition) is 1. The van der Waals surface area contributed by atoms with E-state index in [-0.39, 0.29) is 11.5 Å². The summed E-state index contributed by atoms with van der Waals surface area (Å²) in [5.74, 6) is -1.09. The summed E-state index contributed by atoms with van der Waals surface area (Å²) in [6.45, 7) is 4.42. The highest BCUT2D eigenvalue weighted by Crippen LogP contribution is 2.34. The number of hydrogen-bond acceptors (Lipinski definition) is 7. The highest BCUT2D eigenvalue weighted by Gasteiger charge is 2.33. The molecule has 1 aliphatic heterocycles. The van der Waals surface area contributed by atoms with Gasteiger partial charge in [-0.3, -0.25) is 9.69 Å². The molecule has 1 aliphatic rings. The van der Waals surface area contributed by atoms with E-state index in [0.29, 0.717) is 21.7 Å². The van der Waals surface area contributed by atoms with Crippen molar-refractivity contribution in [3.05, 3.63) is 45.3 Å². The molecule has 1 fully saturated rings. The molecule has 2 heterocycles. The third-order valence-electron chi connectivity index (χ3n) is 3.50. The molecular weight excluding hydrogens is 372 g/mol. The van der Waals surface area contributed by atoms with Crippen molar-refractivity contribution in [2.45, 2.75) is 20.3 Å². The zero-order chi connectivity index (χ0) is 18.7. The predicted octanol–water partition coefficient (Wildman–Crippen LogP) is 3.56. The molecule has 2 aromatic rings. The summed E-state index contributed by atoms with van der Waals surface area (Å²) in [6, 6.07) is 6.39. The van der Waals surface area contributed by atoms with Gasteiger partial charge < -0.3 is 5.11 Å². The maximum absolute atomic E-state index is 12.7. The Morgan fingerprint density at radius 2 is 2.04 bits per heavy atom. The van der Waals surface area contributed by atoms with Gasteiger partial charge >= 0.3 is 5.97 Å². The molecule has 9 heteroatoms. The number of rotatable bonds is 5. The van der Waals surface area contributed by atoms with Crippen LogP contribution in [0.25, 0.3) is 6.08 Å². The smallest absolute Gasteiger partial charge is 0.335 e. The summed E-state index contributed by atoms with van der Waals surface area (Å²) >= 11 is 2.66. The van der Waals surface area contributed by atoms with E-state index in [1.54, 1.807) is 23.1 Å². The van der Waals surface area contributed by atoms with E-state index in [0.717, 1.165) is 17.0 Å². The molecule has 134 valence electrons. The number of aryl methyl sites for hydroxylation is 1. The number of carboxylic acid groups (broad SMARTS) is 1. The van der Waals surface area contributed by atoms with Gasteiger partial charge in [0.2, 0.25) is 5.13 Å². The van der Waals surface area contributed by atoms with Crippen molar-refractivity contribution in [2.75, 3.05) is 6.54 Å². The van der Waals surface area contributed by atoms with Crippen LogP contribution in [0.5, 0.6) is 0 Å². The maximum atomic E-state index is 12.7. The molecule has 0 saturated carbocycles. The van der Waals surface area contributed by atoms with Gasteiger partial charge in [-0.25, -0.2) is 4.79 Å². The molecule has 1 N–H and O–H groups in total. The van der Waals surface area contributed by atoms with Crippen molar-refractivity contribution in [3.63, 3.8) is 0 Å². The second-order valence-corrected chi connectivity index (χ2v) is 7.66. The summed E-state index contributed by atoms with van der Waals surface area (Å²) in [7, 11) is 0. The van der Waals surface area contributed by atoms with Crippen molar-refractivity contribution in [1.29, 1.82) is 0 Å². The first-order chi connectivity index (χ1) is 12.5. The van der Waals surface area contributed by atoms with Crippen molar-refractivity contribution in [2.24, 2.45) is 4.99 Å². The summed E-state index contributed by atoms with van der Waals surface area (Å²) in [6.07, 6.45) is 2.55. The lowest BCUT2D eigenvalue weighted by atomic mass is 10.1. The minimum absolute atomic E-state index is 0.112. The second-order valence-electron chi connectivity index (χ2n) is 5.49. The van der Waals surface area contributed by atoms with Crippen molar-refractivity contribution < 1.29 is 14.7 Å². The third-order valence-corrected chi connectivity index (χ3v) is 5.24. The molecule has 0 unspecified atom stereocenters. The first kappa shape index (κ1) is 18.3. The van der Waals surface area contributed by atoms with Gasteiger partial charge in [0.1, 0.15) is 5.01 Å². The standard InChI is InChI=1S/C17H16N4O3S2/c1-3-8-21-14(22)13(9-11-4-6-12(7-5-11)15(23)24)26-17(21)18-16-20-19-10(2)25-16/h4-7,9H,3,8H2,1-2H3,(H,23,24)/b13-9+,18-17+. The average molecular weight is 388 g/mol. The Kier molecular flexibility index (Phi) is 5.48. The van der Waals surface area contributed by atoms with Crippen LogP contribution in [0.4, 0.5) is 5.13 Å². The van der Waals surface area contributed by atoms with Crippen molar-refractivity contribution in [1.82, 2.24) is 15.1 Å². The molecule has 0 atom stereocenters. The predicted molar refractivity (Wildman–Crippen MR) is 103 cm³/mol. The van der Waals surface area contributed by atoms with E-state index in [1.165, 1.54) is 35.2 Å². The molecule has 0 spiro atoms. The number of thioether (sulfide) groups is 1. The van der Waals surface area contributed by atoms with Gasteiger partial charge in [-0.15, -0.1) is 10.2 Å². The Labute approximate surface area is 158 Å². The van der Waals surface area contributed by atoms with Crippen LogP contribution in [-0.4, -0.2) is 43.8 Å². The summed E-state index contributed by atoms with van der Waals surface area (Å²) < 4.78 is 0. The fourth-order valence-corrected chi connectivity index (χ4v) is 3.92. The fourth-order valence-electron chi connectivity index (χ4n) is 2.30. The zero-order valence-corrected chi connectivity index (χ0v) is 15.8. The molecule has 1 aromatic carbocycles. The van der Waals surface area contributed by atoms with Crippen molar-refractivity contribution >= 4 is 51.4 Å². The van der Waals surface area contributed by atoms with Crippen LogP contribution in [0.1, 0.15) is 34.3 Å². The molecule has 1 aromatic heterocycles. The minimum Gasteiger partial charge on any atom is -0.478 e. The van der Waals surface area contributed by atoms with E-state index in [2.05, 4.69) is 15.2 Å². The first-order valence-electron chi connectivity index (χ1n) is 7.91. The molecule has 7 nitrogen and oxygen atoms in total. The summed E-state index contributed by atoms with van der Waals surface area (Å²) in [5.41, 5.74) is 0.967. The van der Waals surface area contributed by atoms with Gasteiger partial charge in [-0.1, -0.05) is 30.4 Å². The SMILES string of the molecule is CCCN1C(=O)/C(=C\c2ccc(C(=O)O)cc2)S/C1=N/c1nnc(C)s1. The third kappa shape index (κ3) is 4.00. The number of carbonyl (C=O) groups is 2. The molecule has 1 saturated heterocycles. The van der Waals surface area contributed by atoms with Crippen LogP contribution < -0.4 is 0 Å². The maximum Gasteiger partial charge on any atom is 0.335 e. The largest absolute Gasteiger partial charge is 0.478 e. The first-order valence-corrected chi connectivity index (χ1v) is 9.55. The molecular formula is C17H16N4O3S2. The average Bonchev–Trinajstić information content (AvgIpc) is 3.14. The van der Waals surface area contributed by atoms with Gasteiger partial charge in [0.05, 0.1) is 10.5 Å². The number of amides is 1. The van der Waals surface area contributed by atoms with E-state index in [4.69, 9.17) is 5.11 Å². The van der Waals surface area contributed by atoms with E-state index in [9.17, 15) is 9.59 Å². The van der Waals surface area contributed by atoms with Gasteiger partial charge in [0.15, 0.2) is 5.17 Å². The van der Waals surface area contributed by atoms with Gasteiger partial charge in [-0.2, -0.15) is 4.99 Å². The van der Waals surface area contributed by atoms with Crippen LogP contribution in [0.2, 0.25) is 0 Å². The summed E-state index contributed by atoms with van der Waals surface area (Å²) in [5, 5.41) is 18.8. The number of carboxylic acids is 1. The van der Waals surface area contributed by atoms with E-state index >= 15 is 0 Å². The highest BCUT2D eigenvalue weighted by atomic mass is 32.2. The number of aliphatic imine (C=N–C) groups is 1. The Bertz CT molecular complexity index is 903. The number of benzene rings is 1. The molecule has 1 amide bonds. The van der Waals surface area contributed by atoms with Gasteiger partial charge in [0.25, 0.3) is 5.91 Å². The summed E-state index contributed by atoms with van der Waals surface area (Å²) in [4.78, 5) is 30.3. The molecule has 3 rings (SSSR count). The van der Waals surface area contributed by atoms with Crippen molar-refractivity contribution in [3.8, 4) is 0 Å². The van der Waals surface area contributed by atoms with Crippen LogP contribution >= 0.6 is 23.1 Å². The Balaban J connectivity index is 1.89. The van der Waals surface area contributed by atoms with Gasteiger partial charge in [0, 0.05) is 6.54 Å². The quantitative estimate of drug-likeness (QED) is 0.787. The Morgan fingerprint density at radius 1 is 1.31 bits per heavy atom. The lowest BCUT2D eigenvalue weighted by molar-refractivity contribution is -0.122. The Morgan fingerprint density at radius 3 is 2.62 bits per heavy atom. The normalized spacial score (nSPS) is 17.5. The lowest BCUT2D eigenvalue weighted by Crippen LogP contribution is -2.29. The highest BCUT2D eigenvalue weighted by molar-refractivity contribution is 8.18. The van der Waals surface area contributed by atoms with E-state index < -0.39 is 5.97 Å². The van der Waals surface area contributed by atoms with Crippen LogP contribution in [0.15, 0.2) is 34.2 Å². The van der Waals surface area contributed by atoms with Crippen LogP contribution in [0.3, 0.4) is 0 Å². The molecule has 0 aliphatic carbocycles. The molecule has 0 radical (unpaired) electrons. The number of aromatic nitrogens is 2. The number of carbonyl (C=O) groups excluding carboxylic acids is 1.